The summed E-state index contributed by atoms with van der Waals surface area (Å²) < 4.78 is 45.1. The zero-order chi connectivity index (χ0) is 24.4. The number of nitrogens with one attached hydrogen (secondary N) is 1. The lowest BCUT2D eigenvalue weighted by atomic mass is 10.0. The van der Waals surface area contributed by atoms with Crippen molar-refractivity contribution in [1.29, 1.82) is 5.26 Å². The largest absolute Gasteiger partial charge is 0.375 e. The van der Waals surface area contributed by atoms with Crippen LogP contribution < -0.4 is 5.32 Å². The summed E-state index contributed by atoms with van der Waals surface area (Å²) in [6.07, 6.45) is -2.13. The summed E-state index contributed by atoms with van der Waals surface area (Å²) in [5.41, 5.74) is 1.83. The molecule has 34 heavy (non-hydrogen) atoms. The van der Waals surface area contributed by atoms with Gasteiger partial charge in [-0.3, -0.25) is 9.48 Å². The SMILES string of the molecule is CN1CC(COCC(F)F)Cn2nc3c(c2C1=O)CN(C(=O)Nc1ccc(F)c(C#N)c1)CC3. The molecular formula is C22H23F3N6O3. The van der Waals surface area contributed by atoms with Crippen LogP contribution in [0.4, 0.5) is 23.7 Å². The summed E-state index contributed by atoms with van der Waals surface area (Å²) >= 11 is 0. The summed E-state index contributed by atoms with van der Waals surface area (Å²) in [7, 11) is 1.63. The average Bonchev–Trinajstić information content (AvgIpc) is 3.10. The van der Waals surface area contributed by atoms with Crippen molar-refractivity contribution in [1.82, 2.24) is 19.6 Å². The number of rotatable bonds is 5. The van der Waals surface area contributed by atoms with Crippen LogP contribution in [0, 0.1) is 23.1 Å². The molecule has 0 aliphatic carbocycles. The Balaban J connectivity index is 1.50. The van der Waals surface area contributed by atoms with Crippen molar-refractivity contribution in [3.63, 3.8) is 0 Å². The van der Waals surface area contributed by atoms with Crippen molar-refractivity contribution in [3.05, 3.63) is 46.5 Å². The number of carbonyl (C=O) groups excluding carboxylic acids is 2. The standard InChI is InChI=1S/C22H23F3N6O3/c1-29-8-13(11-34-12-19(24)25)9-31-20(21(29)32)16-10-30(5-4-18(16)28-31)22(33)27-15-2-3-17(23)14(6-15)7-26/h2-3,6,13,19H,4-5,8-12H2,1H3,(H,27,33). The number of hydrogen-bond acceptors (Lipinski definition) is 5. The quantitative estimate of drug-likeness (QED) is 0.714. The normalized spacial score (nSPS) is 17.8. The number of amides is 3. The summed E-state index contributed by atoms with van der Waals surface area (Å²) in [4.78, 5) is 28.9. The molecular weight excluding hydrogens is 453 g/mol. The van der Waals surface area contributed by atoms with Crippen LogP contribution in [-0.2, 0) is 24.2 Å². The maximum absolute atomic E-state index is 13.6. The van der Waals surface area contributed by atoms with Gasteiger partial charge in [0.25, 0.3) is 12.3 Å². The van der Waals surface area contributed by atoms with Gasteiger partial charge in [0.1, 0.15) is 24.2 Å². The van der Waals surface area contributed by atoms with Gasteiger partial charge in [0, 0.05) is 50.3 Å². The number of alkyl halides is 2. The third-order valence-corrected chi connectivity index (χ3v) is 5.84. The number of ether oxygens (including phenoxy) is 1. The lowest BCUT2D eigenvalue weighted by Gasteiger charge is -2.27. The molecule has 1 unspecified atom stereocenters. The monoisotopic (exact) mass is 476 g/mol. The van der Waals surface area contributed by atoms with Gasteiger partial charge in [-0.15, -0.1) is 0 Å². The molecule has 1 aromatic carbocycles. The number of anilines is 1. The second-order valence-electron chi connectivity index (χ2n) is 8.34. The minimum Gasteiger partial charge on any atom is -0.375 e. The highest BCUT2D eigenvalue weighted by Crippen LogP contribution is 2.27. The van der Waals surface area contributed by atoms with E-state index < -0.39 is 24.9 Å². The Bertz CT molecular complexity index is 1150. The van der Waals surface area contributed by atoms with Crippen LogP contribution in [0.2, 0.25) is 0 Å². The molecule has 0 spiro atoms. The molecule has 3 heterocycles. The van der Waals surface area contributed by atoms with Crippen LogP contribution in [0.5, 0.6) is 0 Å². The second-order valence-corrected chi connectivity index (χ2v) is 8.34. The van der Waals surface area contributed by atoms with Gasteiger partial charge in [-0.25, -0.2) is 18.0 Å². The first kappa shape index (κ1) is 23.6. The molecule has 1 aromatic heterocycles. The van der Waals surface area contributed by atoms with Gasteiger partial charge < -0.3 is 19.9 Å². The number of fused-ring (bicyclic) bond motifs is 3. The molecule has 180 valence electrons. The summed E-state index contributed by atoms with van der Waals surface area (Å²) in [6, 6.07) is 5.01. The van der Waals surface area contributed by atoms with E-state index >= 15 is 0 Å². The van der Waals surface area contributed by atoms with E-state index in [1.54, 1.807) is 17.8 Å². The van der Waals surface area contributed by atoms with Crippen molar-refractivity contribution in [2.75, 3.05) is 38.7 Å². The molecule has 9 nitrogen and oxygen atoms in total. The van der Waals surface area contributed by atoms with Crippen molar-refractivity contribution in [2.24, 2.45) is 5.92 Å². The van der Waals surface area contributed by atoms with E-state index in [9.17, 15) is 22.8 Å². The Kier molecular flexibility index (Phi) is 6.74. The van der Waals surface area contributed by atoms with Gasteiger partial charge in [0.15, 0.2) is 0 Å². The maximum Gasteiger partial charge on any atom is 0.322 e. The van der Waals surface area contributed by atoms with Gasteiger partial charge in [-0.2, -0.15) is 10.4 Å². The number of carbonyl (C=O) groups is 2. The number of nitrogens with zero attached hydrogens (tertiary/aromatic N) is 5. The van der Waals surface area contributed by atoms with Crippen molar-refractivity contribution in [3.8, 4) is 6.07 Å². The number of nitriles is 1. The van der Waals surface area contributed by atoms with Crippen molar-refractivity contribution >= 4 is 17.6 Å². The van der Waals surface area contributed by atoms with Gasteiger partial charge >= 0.3 is 6.03 Å². The fraction of sp³-hybridized carbons (Fsp3) is 0.455. The van der Waals surface area contributed by atoms with E-state index in [-0.39, 0.29) is 36.2 Å². The highest BCUT2D eigenvalue weighted by molar-refractivity contribution is 5.95. The van der Waals surface area contributed by atoms with E-state index in [2.05, 4.69) is 10.4 Å². The first-order chi connectivity index (χ1) is 16.3. The molecule has 12 heteroatoms. The van der Waals surface area contributed by atoms with Gasteiger partial charge in [0.05, 0.1) is 24.4 Å². The number of benzene rings is 1. The first-order valence-electron chi connectivity index (χ1n) is 10.7. The number of urea groups is 1. The van der Waals surface area contributed by atoms with E-state index in [0.717, 1.165) is 6.07 Å². The smallest absolute Gasteiger partial charge is 0.322 e. The summed E-state index contributed by atoms with van der Waals surface area (Å²) in [6.45, 7) is 0.575. The molecule has 2 aliphatic rings. The van der Waals surface area contributed by atoms with Crippen LogP contribution in [-0.4, -0.2) is 71.3 Å². The Morgan fingerprint density at radius 2 is 2.18 bits per heavy atom. The Morgan fingerprint density at radius 1 is 1.38 bits per heavy atom. The average molecular weight is 476 g/mol. The number of aromatic nitrogens is 2. The van der Waals surface area contributed by atoms with E-state index in [0.29, 0.717) is 43.0 Å². The Morgan fingerprint density at radius 3 is 2.91 bits per heavy atom. The summed E-state index contributed by atoms with van der Waals surface area (Å²) in [5, 5.41) is 16.2. The topological polar surface area (TPSA) is 103 Å². The molecule has 0 bridgehead atoms. The molecule has 2 aromatic rings. The maximum atomic E-state index is 13.6. The molecule has 0 radical (unpaired) electrons. The lowest BCUT2D eigenvalue weighted by molar-refractivity contribution is -0.00113. The predicted molar refractivity (Wildman–Crippen MR) is 114 cm³/mol. The molecule has 1 N–H and O–H groups in total. The van der Waals surface area contributed by atoms with Crippen LogP contribution in [0.1, 0.15) is 27.3 Å². The van der Waals surface area contributed by atoms with Crippen molar-refractivity contribution < 1.29 is 27.5 Å². The van der Waals surface area contributed by atoms with E-state index in [1.165, 1.54) is 21.9 Å². The fourth-order valence-corrected chi connectivity index (χ4v) is 4.25. The zero-order valence-electron chi connectivity index (χ0n) is 18.4. The Hall–Kier alpha value is -3.59. The molecule has 0 saturated heterocycles. The molecule has 0 saturated carbocycles. The third kappa shape index (κ3) is 4.84. The number of halogens is 3. The molecule has 2 aliphatic heterocycles. The van der Waals surface area contributed by atoms with E-state index in [4.69, 9.17) is 10.00 Å². The van der Waals surface area contributed by atoms with Gasteiger partial charge in [-0.1, -0.05) is 0 Å². The predicted octanol–water partition coefficient (Wildman–Crippen LogP) is 2.47. The second kappa shape index (κ2) is 9.72. The van der Waals surface area contributed by atoms with Gasteiger partial charge in [-0.05, 0) is 18.2 Å². The number of hydrogen-bond donors (Lipinski definition) is 1. The fourth-order valence-electron chi connectivity index (χ4n) is 4.25. The minimum atomic E-state index is -2.56. The molecule has 4 rings (SSSR count). The molecule has 0 fully saturated rings. The highest BCUT2D eigenvalue weighted by atomic mass is 19.3. The Labute approximate surface area is 193 Å². The minimum absolute atomic E-state index is 0.0722. The lowest BCUT2D eigenvalue weighted by Crippen LogP contribution is -2.39. The van der Waals surface area contributed by atoms with Crippen LogP contribution in [0.3, 0.4) is 0 Å². The first-order valence-corrected chi connectivity index (χ1v) is 10.7. The van der Waals surface area contributed by atoms with Gasteiger partial charge in [0.2, 0.25) is 0 Å². The summed E-state index contributed by atoms with van der Waals surface area (Å²) in [5.74, 6) is -1.14. The van der Waals surface area contributed by atoms with E-state index in [1.807, 2.05) is 0 Å². The molecule has 3 amide bonds. The third-order valence-electron chi connectivity index (χ3n) is 5.84. The van der Waals surface area contributed by atoms with Crippen molar-refractivity contribution in [2.45, 2.75) is 25.9 Å². The zero-order valence-corrected chi connectivity index (χ0v) is 18.4. The van der Waals surface area contributed by atoms with Crippen LogP contribution in [0.15, 0.2) is 18.2 Å². The molecule has 1 atom stereocenters. The van der Waals surface area contributed by atoms with Crippen LogP contribution in [0.25, 0.3) is 0 Å². The van der Waals surface area contributed by atoms with Crippen LogP contribution >= 0.6 is 0 Å². The highest BCUT2D eigenvalue weighted by Gasteiger charge is 2.35.